The lowest BCUT2D eigenvalue weighted by Gasteiger charge is -2.01. The van der Waals surface area contributed by atoms with E-state index in [1.807, 2.05) is 0 Å². The SMILES string of the molecule is [B][B]NC(=O)Cc1ccc(Cl)cc1. The molecule has 1 amide bonds. The molecule has 0 bridgehead atoms. The highest BCUT2D eigenvalue weighted by Gasteiger charge is 2.00. The predicted octanol–water partition coefficient (Wildman–Crippen LogP) is 0.701. The van der Waals surface area contributed by atoms with Gasteiger partial charge in [-0.3, -0.25) is 4.79 Å². The third kappa shape index (κ3) is 3.55. The molecular formula is C8H7B2ClNO. The molecule has 0 atom stereocenters. The quantitative estimate of drug-likeness (QED) is 0.698. The Hall–Kier alpha value is -0.890. The van der Waals surface area contributed by atoms with Crippen LogP contribution in [-0.4, -0.2) is 20.9 Å². The molecule has 63 valence electrons. The maximum absolute atomic E-state index is 11.0. The van der Waals surface area contributed by atoms with Crippen LogP contribution in [0.25, 0.3) is 0 Å². The standard InChI is InChI=1S/C8H7B2ClNO/c9-10-12-8(13)5-6-1-3-7(11)4-2-6/h1-4H,5H2,(H,12,13). The molecule has 0 spiro atoms. The molecule has 0 aromatic heterocycles. The van der Waals surface area contributed by atoms with Crippen molar-refractivity contribution in [1.82, 2.24) is 5.23 Å². The summed E-state index contributed by atoms with van der Waals surface area (Å²) in [5.41, 5.74) is 0.906. The Balaban J connectivity index is 2.54. The molecule has 0 aliphatic heterocycles. The maximum Gasteiger partial charge on any atom is 0.211 e. The van der Waals surface area contributed by atoms with Crippen LogP contribution >= 0.6 is 11.6 Å². The zero-order valence-corrected chi connectivity index (χ0v) is 7.71. The second-order valence-electron chi connectivity index (χ2n) is 2.54. The van der Waals surface area contributed by atoms with Crippen molar-refractivity contribution in [2.24, 2.45) is 0 Å². The van der Waals surface area contributed by atoms with Crippen LogP contribution in [0, 0.1) is 0 Å². The van der Waals surface area contributed by atoms with Crippen molar-refractivity contribution in [1.29, 1.82) is 0 Å². The molecule has 0 aliphatic rings. The van der Waals surface area contributed by atoms with Gasteiger partial charge in [0.05, 0.1) is 6.42 Å². The number of hydrogen-bond donors (Lipinski definition) is 1. The van der Waals surface area contributed by atoms with Crippen LogP contribution in [0.2, 0.25) is 5.02 Å². The summed E-state index contributed by atoms with van der Waals surface area (Å²) in [6, 6.07) is 7.10. The average Bonchev–Trinajstić information content (AvgIpc) is 2.09. The lowest BCUT2D eigenvalue weighted by Crippen LogP contribution is -2.28. The smallest absolute Gasteiger partial charge is 0.211 e. The fraction of sp³-hybridized carbons (Fsp3) is 0.125. The normalized spacial score (nSPS) is 9.31. The van der Waals surface area contributed by atoms with E-state index in [0.717, 1.165) is 12.9 Å². The second-order valence-corrected chi connectivity index (χ2v) is 2.97. The fourth-order valence-electron chi connectivity index (χ4n) is 0.932. The topological polar surface area (TPSA) is 29.1 Å². The molecule has 5 heteroatoms. The molecule has 13 heavy (non-hydrogen) atoms. The second kappa shape index (κ2) is 4.97. The van der Waals surface area contributed by atoms with E-state index >= 15 is 0 Å². The third-order valence-corrected chi connectivity index (χ3v) is 1.77. The minimum atomic E-state index is -0.134. The van der Waals surface area contributed by atoms with Gasteiger partial charge >= 0.3 is 0 Å². The van der Waals surface area contributed by atoms with Crippen LogP contribution in [0.1, 0.15) is 5.56 Å². The van der Waals surface area contributed by atoms with Gasteiger partial charge < -0.3 is 5.23 Å². The predicted molar refractivity (Wildman–Crippen MR) is 54.8 cm³/mol. The molecule has 1 rings (SSSR count). The van der Waals surface area contributed by atoms with E-state index in [2.05, 4.69) is 5.23 Å². The van der Waals surface area contributed by atoms with Crippen molar-refractivity contribution < 1.29 is 4.79 Å². The fourth-order valence-corrected chi connectivity index (χ4v) is 1.06. The molecule has 1 aromatic rings. The summed E-state index contributed by atoms with van der Waals surface area (Å²) in [7, 11) is 6.15. The molecule has 0 saturated carbocycles. The van der Waals surface area contributed by atoms with Gasteiger partial charge in [-0.1, -0.05) is 23.7 Å². The summed E-state index contributed by atoms with van der Waals surface area (Å²) in [4.78, 5) is 11.0. The number of rotatable bonds is 3. The van der Waals surface area contributed by atoms with Gasteiger partial charge in [0.2, 0.25) is 5.91 Å². The lowest BCUT2D eigenvalue weighted by molar-refractivity contribution is -0.118. The molecule has 0 saturated heterocycles. The molecule has 3 radical (unpaired) electrons. The molecular weight excluding hydrogens is 183 g/mol. The van der Waals surface area contributed by atoms with Gasteiger partial charge in [-0.2, -0.15) is 0 Å². The highest BCUT2D eigenvalue weighted by atomic mass is 35.5. The first-order valence-corrected chi connectivity index (χ1v) is 4.17. The van der Waals surface area contributed by atoms with Crippen LogP contribution in [0.3, 0.4) is 0 Å². The summed E-state index contributed by atoms with van der Waals surface area (Å²) in [5, 5.41) is 3.05. The Labute approximate surface area is 84.3 Å². The molecule has 0 aliphatic carbocycles. The first-order valence-electron chi connectivity index (χ1n) is 3.79. The summed E-state index contributed by atoms with van der Waals surface area (Å²) in [5.74, 6) is -0.134. The first-order chi connectivity index (χ1) is 6.22. The van der Waals surface area contributed by atoms with E-state index in [1.54, 1.807) is 24.3 Å². The highest BCUT2D eigenvalue weighted by Crippen LogP contribution is 2.09. The van der Waals surface area contributed by atoms with Gasteiger partial charge in [-0.25, -0.2) is 0 Å². The van der Waals surface area contributed by atoms with Crippen LogP contribution in [0.4, 0.5) is 0 Å². The van der Waals surface area contributed by atoms with Gasteiger partial charge in [-0.15, -0.1) is 0 Å². The zero-order valence-electron chi connectivity index (χ0n) is 6.96. The van der Waals surface area contributed by atoms with Gasteiger partial charge in [0, 0.05) is 12.8 Å². The van der Waals surface area contributed by atoms with Gasteiger partial charge in [0.1, 0.15) is 0 Å². The monoisotopic (exact) mass is 190 g/mol. The van der Waals surface area contributed by atoms with Crippen molar-refractivity contribution in [2.75, 3.05) is 0 Å². The largest absolute Gasteiger partial charge is 0.412 e. The molecule has 0 unspecified atom stereocenters. The number of carbonyl (C=O) groups excluding carboxylic acids is 1. The van der Waals surface area contributed by atoms with Gasteiger partial charge in [-0.05, 0) is 17.7 Å². The number of halogens is 1. The van der Waals surface area contributed by atoms with Gasteiger partial charge in [0.25, 0.3) is 0 Å². The Kier molecular flexibility index (Phi) is 3.90. The minimum Gasteiger partial charge on any atom is -0.412 e. The van der Waals surface area contributed by atoms with Crippen LogP contribution in [0.15, 0.2) is 24.3 Å². The van der Waals surface area contributed by atoms with E-state index in [-0.39, 0.29) is 5.91 Å². The molecule has 1 N–H and O–H groups in total. The zero-order chi connectivity index (χ0) is 9.68. The number of nitrogens with one attached hydrogen (secondary N) is 1. The number of hydrogen-bond acceptors (Lipinski definition) is 1. The van der Waals surface area contributed by atoms with E-state index in [1.165, 1.54) is 0 Å². The van der Waals surface area contributed by atoms with Crippen LogP contribution in [0.5, 0.6) is 0 Å². The van der Waals surface area contributed by atoms with E-state index in [4.69, 9.17) is 19.3 Å². The summed E-state index contributed by atoms with van der Waals surface area (Å²) in [6.45, 7) is 0. The average molecular weight is 190 g/mol. The first kappa shape index (κ1) is 10.2. The Morgan fingerprint density at radius 1 is 1.46 bits per heavy atom. The molecule has 0 heterocycles. The van der Waals surface area contributed by atoms with Crippen molar-refractivity contribution in [3.05, 3.63) is 34.9 Å². The van der Waals surface area contributed by atoms with Crippen molar-refractivity contribution in [3.63, 3.8) is 0 Å². The number of carbonyl (C=O) groups is 1. The Bertz CT molecular complexity index is 289. The van der Waals surface area contributed by atoms with Crippen molar-refractivity contribution in [2.45, 2.75) is 6.42 Å². The Morgan fingerprint density at radius 3 is 2.62 bits per heavy atom. The summed E-state index contributed by atoms with van der Waals surface area (Å²) < 4.78 is 0. The summed E-state index contributed by atoms with van der Waals surface area (Å²) in [6.07, 6.45) is 0.310. The maximum atomic E-state index is 11.0. The highest BCUT2D eigenvalue weighted by molar-refractivity contribution is 6.89. The van der Waals surface area contributed by atoms with Crippen LogP contribution in [-0.2, 0) is 11.2 Å². The third-order valence-electron chi connectivity index (χ3n) is 1.52. The van der Waals surface area contributed by atoms with Gasteiger partial charge in [0.15, 0.2) is 7.31 Å². The van der Waals surface area contributed by atoms with Crippen molar-refractivity contribution >= 4 is 32.6 Å². The lowest BCUT2D eigenvalue weighted by atomic mass is 9.67. The van der Waals surface area contributed by atoms with Crippen LogP contribution < -0.4 is 5.23 Å². The van der Waals surface area contributed by atoms with E-state index in [9.17, 15) is 4.79 Å². The summed E-state index contributed by atoms with van der Waals surface area (Å²) >= 11 is 5.68. The molecule has 0 fully saturated rings. The van der Waals surface area contributed by atoms with Crippen molar-refractivity contribution in [3.8, 4) is 0 Å². The van der Waals surface area contributed by atoms with E-state index in [0.29, 0.717) is 11.4 Å². The molecule has 2 nitrogen and oxygen atoms in total. The number of benzene rings is 1. The minimum absolute atomic E-state index is 0.134. The Morgan fingerprint density at radius 2 is 2.08 bits per heavy atom. The molecule has 1 aromatic carbocycles. The van der Waals surface area contributed by atoms with E-state index < -0.39 is 0 Å². The number of amides is 1.